The second-order valence-corrected chi connectivity index (χ2v) is 7.94. The number of carbonyl (C=O) groups excluding carboxylic acids is 1. The molecule has 0 aromatic heterocycles. The van der Waals surface area contributed by atoms with Crippen LogP contribution in [0.3, 0.4) is 0 Å². The van der Waals surface area contributed by atoms with Crippen molar-refractivity contribution < 1.29 is 14.6 Å². The molecule has 2 aromatic carbocycles. The molecule has 2 heterocycles. The molecule has 2 aliphatic rings. The Morgan fingerprint density at radius 1 is 1.22 bits per heavy atom. The van der Waals surface area contributed by atoms with Crippen LogP contribution in [0, 0.1) is 0 Å². The Kier molecular flexibility index (Phi) is 4.66. The molecule has 5 heteroatoms. The average Bonchev–Trinajstić information content (AvgIpc) is 3.26. The van der Waals surface area contributed by atoms with Gasteiger partial charge in [0.25, 0.3) is 5.91 Å². The number of aliphatic hydroxyl groups is 1. The van der Waals surface area contributed by atoms with Crippen LogP contribution in [0.15, 0.2) is 42.5 Å². The molecule has 2 aromatic rings. The van der Waals surface area contributed by atoms with Gasteiger partial charge in [0.05, 0.1) is 18.8 Å². The number of rotatable bonds is 4. The van der Waals surface area contributed by atoms with Gasteiger partial charge in [-0.2, -0.15) is 0 Å². The maximum absolute atomic E-state index is 13.0. The zero-order valence-corrected chi connectivity index (χ0v) is 15.9. The van der Waals surface area contributed by atoms with E-state index in [0.717, 1.165) is 29.9 Å². The van der Waals surface area contributed by atoms with Gasteiger partial charge in [-0.25, -0.2) is 0 Å². The first-order chi connectivity index (χ1) is 12.9. The Labute approximate surface area is 160 Å². The SMILES string of the molecule is CN(C)CC1(O)CCN(C(=O)c2cccc(-c3ccc4c(c3)OCC4)c2)C1. The Hall–Kier alpha value is -2.37. The summed E-state index contributed by atoms with van der Waals surface area (Å²) in [5.74, 6) is 0.918. The quantitative estimate of drug-likeness (QED) is 0.903. The minimum Gasteiger partial charge on any atom is -0.493 e. The molecule has 1 N–H and O–H groups in total. The molecule has 1 fully saturated rings. The number of benzene rings is 2. The van der Waals surface area contributed by atoms with E-state index in [9.17, 15) is 9.90 Å². The van der Waals surface area contributed by atoms with Crippen molar-refractivity contribution in [1.29, 1.82) is 0 Å². The van der Waals surface area contributed by atoms with Crippen molar-refractivity contribution >= 4 is 5.91 Å². The number of likely N-dealkylation sites (tertiary alicyclic amines) is 1. The van der Waals surface area contributed by atoms with E-state index < -0.39 is 5.60 Å². The lowest BCUT2D eigenvalue weighted by Gasteiger charge is -2.26. The molecule has 27 heavy (non-hydrogen) atoms. The van der Waals surface area contributed by atoms with E-state index in [2.05, 4.69) is 18.2 Å². The maximum Gasteiger partial charge on any atom is 0.253 e. The summed E-state index contributed by atoms with van der Waals surface area (Å²) < 4.78 is 5.67. The molecule has 0 bridgehead atoms. The third-order valence-corrected chi connectivity index (χ3v) is 5.37. The number of nitrogens with zero attached hydrogens (tertiary/aromatic N) is 2. The first-order valence-corrected chi connectivity index (χ1v) is 9.46. The summed E-state index contributed by atoms with van der Waals surface area (Å²) in [4.78, 5) is 16.7. The summed E-state index contributed by atoms with van der Waals surface area (Å²) in [6.07, 6.45) is 1.57. The van der Waals surface area contributed by atoms with Gasteiger partial charge in [-0.15, -0.1) is 0 Å². The molecule has 0 saturated carbocycles. The number of fused-ring (bicyclic) bond motifs is 1. The molecule has 142 valence electrons. The van der Waals surface area contributed by atoms with E-state index in [1.54, 1.807) is 4.90 Å². The largest absolute Gasteiger partial charge is 0.493 e. The van der Waals surface area contributed by atoms with Crippen molar-refractivity contribution in [3.8, 4) is 16.9 Å². The lowest BCUT2D eigenvalue weighted by atomic mass is 10.0. The monoisotopic (exact) mass is 366 g/mol. The van der Waals surface area contributed by atoms with Gasteiger partial charge >= 0.3 is 0 Å². The van der Waals surface area contributed by atoms with Gasteiger partial charge in [0.1, 0.15) is 5.75 Å². The van der Waals surface area contributed by atoms with Gasteiger partial charge in [-0.3, -0.25) is 4.79 Å². The van der Waals surface area contributed by atoms with E-state index in [1.165, 1.54) is 5.56 Å². The zero-order chi connectivity index (χ0) is 19.0. The molecule has 1 atom stereocenters. The van der Waals surface area contributed by atoms with Crippen molar-refractivity contribution in [3.63, 3.8) is 0 Å². The highest BCUT2D eigenvalue weighted by Gasteiger charge is 2.38. The van der Waals surface area contributed by atoms with Crippen LogP contribution in [0.2, 0.25) is 0 Å². The van der Waals surface area contributed by atoms with Crippen LogP contribution >= 0.6 is 0 Å². The van der Waals surface area contributed by atoms with Gasteiger partial charge in [0.2, 0.25) is 0 Å². The van der Waals surface area contributed by atoms with E-state index in [1.807, 2.05) is 43.3 Å². The highest BCUT2D eigenvalue weighted by atomic mass is 16.5. The Morgan fingerprint density at radius 2 is 2.04 bits per heavy atom. The number of hydrogen-bond donors (Lipinski definition) is 1. The van der Waals surface area contributed by atoms with Crippen LogP contribution in [0.4, 0.5) is 0 Å². The maximum atomic E-state index is 13.0. The minimum atomic E-state index is -0.825. The number of hydrogen-bond acceptors (Lipinski definition) is 4. The lowest BCUT2D eigenvalue weighted by molar-refractivity contribution is 0.0236. The van der Waals surface area contributed by atoms with E-state index in [-0.39, 0.29) is 5.91 Å². The topological polar surface area (TPSA) is 53.0 Å². The van der Waals surface area contributed by atoms with Gasteiger partial charge in [0, 0.05) is 25.1 Å². The van der Waals surface area contributed by atoms with E-state index in [0.29, 0.717) is 31.6 Å². The highest BCUT2D eigenvalue weighted by molar-refractivity contribution is 5.95. The Balaban J connectivity index is 1.53. The van der Waals surface area contributed by atoms with Crippen LogP contribution in [0.25, 0.3) is 11.1 Å². The van der Waals surface area contributed by atoms with Gasteiger partial charge in [-0.1, -0.05) is 24.3 Å². The molecule has 0 spiro atoms. The second-order valence-electron chi connectivity index (χ2n) is 7.94. The molecule has 5 nitrogen and oxygen atoms in total. The molecule has 1 unspecified atom stereocenters. The predicted octanol–water partition coefficient (Wildman–Crippen LogP) is 2.43. The fourth-order valence-electron chi connectivity index (χ4n) is 4.11. The van der Waals surface area contributed by atoms with Crippen LogP contribution in [-0.2, 0) is 6.42 Å². The summed E-state index contributed by atoms with van der Waals surface area (Å²) in [5.41, 5.74) is 3.12. The van der Waals surface area contributed by atoms with Gasteiger partial charge in [0.15, 0.2) is 0 Å². The van der Waals surface area contributed by atoms with Crippen LogP contribution in [-0.4, -0.2) is 66.8 Å². The number of likely N-dealkylation sites (N-methyl/N-ethyl adjacent to an activating group) is 1. The van der Waals surface area contributed by atoms with Gasteiger partial charge < -0.3 is 19.6 Å². The molecular formula is C22H26N2O3. The fourth-order valence-corrected chi connectivity index (χ4v) is 4.11. The summed E-state index contributed by atoms with van der Waals surface area (Å²) in [6.45, 7) is 2.26. The minimum absolute atomic E-state index is 0.0241. The standard InChI is InChI=1S/C22H26N2O3/c1-23(2)14-22(26)9-10-24(15-22)21(25)19-5-3-4-17(12-19)18-7-6-16-8-11-27-20(16)13-18/h3-7,12-13,26H,8-11,14-15H2,1-2H3. The van der Waals surface area contributed by atoms with E-state index >= 15 is 0 Å². The molecule has 2 aliphatic heterocycles. The van der Waals surface area contributed by atoms with Crippen LogP contribution in [0.5, 0.6) is 5.75 Å². The predicted molar refractivity (Wildman–Crippen MR) is 105 cm³/mol. The Bertz CT molecular complexity index is 864. The molecule has 4 rings (SSSR count). The lowest BCUT2D eigenvalue weighted by Crippen LogP contribution is -2.43. The summed E-state index contributed by atoms with van der Waals surface area (Å²) in [5, 5.41) is 10.7. The average molecular weight is 366 g/mol. The molecule has 0 radical (unpaired) electrons. The molecule has 0 aliphatic carbocycles. The second kappa shape index (κ2) is 6.98. The molecule has 1 saturated heterocycles. The summed E-state index contributed by atoms with van der Waals surface area (Å²) in [6, 6.07) is 14.0. The van der Waals surface area contributed by atoms with Gasteiger partial charge in [-0.05, 0) is 55.4 Å². The first kappa shape index (κ1) is 18.0. The van der Waals surface area contributed by atoms with Crippen molar-refractivity contribution in [3.05, 3.63) is 53.6 Å². The van der Waals surface area contributed by atoms with Crippen LogP contribution < -0.4 is 4.74 Å². The van der Waals surface area contributed by atoms with Crippen molar-refractivity contribution in [1.82, 2.24) is 9.80 Å². The summed E-state index contributed by atoms with van der Waals surface area (Å²) >= 11 is 0. The molecular weight excluding hydrogens is 340 g/mol. The van der Waals surface area contributed by atoms with Crippen molar-refractivity contribution in [2.24, 2.45) is 0 Å². The Morgan fingerprint density at radius 3 is 2.85 bits per heavy atom. The number of amides is 1. The van der Waals surface area contributed by atoms with Crippen LogP contribution in [0.1, 0.15) is 22.3 Å². The third kappa shape index (κ3) is 3.70. The summed E-state index contributed by atoms with van der Waals surface area (Å²) in [7, 11) is 3.87. The van der Waals surface area contributed by atoms with Crippen molar-refractivity contribution in [2.45, 2.75) is 18.4 Å². The smallest absolute Gasteiger partial charge is 0.253 e. The fraction of sp³-hybridized carbons (Fsp3) is 0.409. The number of β-amino-alcohol motifs (C(OH)–C–C–N with tert-alkyl or cyclic N) is 1. The van der Waals surface area contributed by atoms with E-state index in [4.69, 9.17) is 4.74 Å². The number of ether oxygens (including phenoxy) is 1. The first-order valence-electron chi connectivity index (χ1n) is 9.46. The zero-order valence-electron chi connectivity index (χ0n) is 15.9. The highest BCUT2D eigenvalue weighted by Crippen LogP contribution is 2.32. The third-order valence-electron chi connectivity index (χ3n) is 5.37. The normalized spacial score (nSPS) is 21.4. The van der Waals surface area contributed by atoms with Crippen molar-refractivity contribution in [2.75, 3.05) is 40.3 Å². The molecule has 1 amide bonds. The number of carbonyl (C=O) groups is 1.